The van der Waals surface area contributed by atoms with E-state index in [0.29, 0.717) is 16.9 Å². The molecule has 0 fully saturated rings. The maximum absolute atomic E-state index is 13.9. The topological polar surface area (TPSA) is 96.6 Å². The maximum atomic E-state index is 13.9. The predicted molar refractivity (Wildman–Crippen MR) is 129 cm³/mol. The molecule has 35 heavy (non-hydrogen) atoms. The summed E-state index contributed by atoms with van der Waals surface area (Å²) in [5.41, 5.74) is 0.272. The number of hydrogen-bond donors (Lipinski definition) is 1. The van der Waals surface area contributed by atoms with Gasteiger partial charge in [-0.25, -0.2) is 4.68 Å². The highest BCUT2D eigenvalue weighted by molar-refractivity contribution is 5.97. The molecule has 10 heteroatoms. The summed E-state index contributed by atoms with van der Waals surface area (Å²) in [6, 6.07) is 15.5. The molecule has 1 atom stereocenters. The Bertz CT molecular complexity index is 1360. The zero-order valence-corrected chi connectivity index (χ0v) is 21.3. The van der Waals surface area contributed by atoms with E-state index in [1.54, 1.807) is 26.4 Å². The first-order valence-corrected chi connectivity index (χ1v) is 11.6. The lowest BCUT2D eigenvalue weighted by atomic mass is 9.99. The van der Waals surface area contributed by atoms with Gasteiger partial charge in [-0.1, -0.05) is 30.3 Å². The van der Waals surface area contributed by atoms with Gasteiger partial charge in [-0.15, -0.1) is 0 Å². The molecular weight excluding hydrogens is 514 g/mol. The van der Waals surface area contributed by atoms with E-state index in [1.807, 2.05) is 44.3 Å². The van der Waals surface area contributed by atoms with Gasteiger partial charge in [0.1, 0.15) is 0 Å². The fourth-order valence-electron chi connectivity index (χ4n) is 5.24. The fraction of sp³-hybridized carbons (Fsp3) is 0.360. The zero-order chi connectivity index (χ0) is 24.0. The third-order valence-electron chi connectivity index (χ3n) is 7.00. The average molecular weight is 542 g/mol. The fourth-order valence-corrected chi connectivity index (χ4v) is 5.24. The first kappa shape index (κ1) is 24.9. The Hall–Kier alpha value is -3.24. The molecule has 2 aliphatic heterocycles. The first-order chi connectivity index (χ1) is 16.3. The molecule has 0 saturated heterocycles. The van der Waals surface area contributed by atoms with Crippen molar-refractivity contribution in [1.29, 1.82) is 0 Å². The van der Waals surface area contributed by atoms with Gasteiger partial charge >= 0.3 is 5.56 Å². The van der Waals surface area contributed by atoms with Gasteiger partial charge in [-0.05, 0) is 38.3 Å². The number of nitro benzene ring substituents is 1. The number of aromatic nitrogens is 2. The van der Waals surface area contributed by atoms with Crippen molar-refractivity contribution < 1.29 is 31.6 Å². The summed E-state index contributed by atoms with van der Waals surface area (Å²) >= 11 is 0. The van der Waals surface area contributed by atoms with E-state index in [9.17, 15) is 20.0 Å². The van der Waals surface area contributed by atoms with Crippen LogP contribution in [-0.2, 0) is 12.8 Å². The van der Waals surface area contributed by atoms with Gasteiger partial charge in [0.05, 0.1) is 22.8 Å². The van der Waals surface area contributed by atoms with Crippen LogP contribution in [0.25, 0.3) is 5.69 Å². The number of para-hydroxylation sites is 1. The van der Waals surface area contributed by atoms with Crippen LogP contribution >= 0.6 is 0 Å². The quantitative estimate of drug-likeness (QED) is 0.286. The molecule has 0 radical (unpaired) electrons. The van der Waals surface area contributed by atoms with Crippen molar-refractivity contribution >= 4 is 17.2 Å². The largest absolute Gasteiger partial charge is 1.00 e. The van der Waals surface area contributed by atoms with Crippen LogP contribution in [0.3, 0.4) is 0 Å². The molecule has 5 rings (SSSR count). The SMILES string of the molecule is Cc1c(N2C3=[N+](CCCCC3)CC2(O)c2cccc([N+](=O)[O-])c2)c(=O)n(-c2ccccc2)n1C.[Br-]. The number of aliphatic hydroxyl groups is 1. The van der Waals surface area contributed by atoms with Crippen molar-refractivity contribution in [1.82, 2.24) is 9.36 Å². The Balaban J connectivity index is 0.00000289. The second-order valence-electron chi connectivity index (χ2n) is 9.02. The number of nitrogens with zero attached hydrogens (tertiary/aromatic N) is 5. The van der Waals surface area contributed by atoms with E-state index in [2.05, 4.69) is 4.58 Å². The van der Waals surface area contributed by atoms with Crippen LogP contribution < -0.4 is 27.4 Å². The zero-order valence-electron chi connectivity index (χ0n) is 19.7. The number of hydrogen-bond acceptors (Lipinski definition) is 5. The molecule has 1 aromatic heterocycles. The Morgan fingerprint density at radius 1 is 1.09 bits per heavy atom. The summed E-state index contributed by atoms with van der Waals surface area (Å²) in [5.74, 6) is 0.887. The van der Waals surface area contributed by atoms with E-state index in [1.165, 1.54) is 12.1 Å². The van der Waals surface area contributed by atoms with Crippen molar-refractivity contribution in [3.8, 4) is 5.69 Å². The number of non-ortho nitro benzene ring substituents is 1. The molecule has 3 aromatic rings. The van der Waals surface area contributed by atoms with Crippen LogP contribution in [0.4, 0.5) is 11.4 Å². The van der Waals surface area contributed by atoms with Gasteiger partial charge in [0.2, 0.25) is 5.69 Å². The molecule has 9 nitrogen and oxygen atoms in total. The third kappa shape index (κ3) is 4.00. The number of rotatable bonds is 4. The molecule has 0 spiro atoms. The van der Waals surface area contributed by atoms with Gasteiger partial charge in [-0.3, -0.25) is 24.2 Å². The first-order valence-electron chi connectivity index (χ1n) is 11.6. The number of nitro groups is 1. The Labute approximate surface area is 213 Å². The second-order valence-corrected chi connectivity index (χ2v) is 9.02. The lowest BCUT2D eigenvalue weighted by Crippen LogP contribution is -3.00. The predicted octanol–water partition coefficient (Wildman–Crippen LogP) is 0.0469. The molecule has 0 aliphatic carbocycles. The number of amidine groups is 1. The molecule has 3 heterocycles. The number of benzene rings is 2. The van der Waals surface area contributed by atoms with Crippen LogP contribution in [0.15, 0.2) is 59.4 Å². The molecule has 2 aromatic carbocycles. The van der Waals surface area contributed by atoms with Crippen molar-refractivity contribution in [3.63, 3.8) is 0 Å². The highest BCUT2D eigenvalue weighted by Crippen LogP contribution is 2.39. The van der Waals surface area contributed by atoms with Gasteiger partial charge in [0, 0.05) is 31.2 Å². The minimum absolute atomic E-state index is 0. The van der Waals surface area contributed by atoms with E-state index in [4.69, 9.17) is 0 Å². The second kappa shape index (κ2) is 9.43. The van der Waals surface area contributed by atoms with Crippen LogP contribution in [0.2, 0.25) is 0 Å². The lowest BCUT2D eigenvalue weighted by molar-refractivity contribution is -0.534. The molecular formula is C25H28BrN5O4. The minimum Gasteiger partial charge on any atom is -1.00 e. The van der Waals surface area contributed by atoms with Crippen LogP contribution in [0.1, 0.15) is 36.9 Å². The van der Waals surface area contributed by atoms with E-state index >= 15 is 0 Å². The van der Waals surface area contributed by atoms with Crippen LogP contribution in [0.5, 0.6) is 0 Å². The molecule has 0 amide bonds. The molecule has 184 valence electrons. The van der Waals surface area contributed by atoms with Crippen molar-refractivity contribution in [3.05, 3.63) is 86.3 Å². The summed E-state index contributed by atoms with van der Waals surface area (Å²) in [7, 11) is 1.82. The van der Waals surface area contributed by atoms with Crippen LogP contribution in [-0.4, -0.2) is 42.9 Å². The normalized spacial score (nSPS) is 19.8. The number of halogens is 1. The summed E-state index contributed by atoms with van der Waals surface area (Å²) < 4.78 is 5.52. The molecule has 0 bridgehead atoms. The monoisotopic (exact) mass is 541 g/mol. The summed E-state index contributed by atoms with van der Waals surface area (Å²) in [6.07, 6.45) is 3.73. The molecule has 2 aliphatic rings. The summed E-state index contributed by atoms with van der Waals surface area (Å²) in [6.45, 7) is 2.87. The third-order valence-corrected chi connectivity index (χ3v) is 7.00. The average Bonchev–Trinajstić information content (AvgIpc) is 3.10. The summed E-state index contributed by atoms with van der Waals surface area (Å²) in [4.78, 5) is 26.7. The van der Waals surface area contributed by atoms with Crippen molar-refractivity contribution in [2.75, 3.05) is 18.0 Å². The van der Waals surface area contributed by atoms with E-state index < -0.39 is 10.6 Å². The highest BCUT2D eigenvalue weighted by atomic mass is 79.9. The van der Waals surface area contributed by atoms with Crippen LogP contribution in [0, 0.1) is 17.0 Å². The maximum Gasteiger partial charge on any atom is 0.318 e. The Kier molecular flexibility index (Phi) is 6.70. The smallest absolute Gasteiger partial charge is 0.318 e. The van der Waals surface area contributed by atoms with Gasteiger partial charge in [-0.2, -0.15) is 4.90 Å². The molecule has 1 N–H and O–H groups in total. The minimum atomic E-state index is -1.61. The van der Waals surface area contributed by atoms with Gasteiger partial charge < -0.3 is 22.1 Å². The summed E-state index contributed by atoms with van der Waals surface area (Å²) in [5, 5.41) is 23.7. The lowest BCUT2D eigenvalue weighted by Gasteiger charge is -2.28. The number of anilines is 1. The Morgan fingerprint density at radius 2 is 1.83 bits per heavy atom. The molecule has 0 saturated carbocycles. The van der Waals surface area contributed by atoms with E-state index in [-0.39, 0.29) is 34.8 Å². The van der Waals surface area contributed by atoms with Crippen molar-refractivity contribution in [2.45, 2.75) is 38.3 Å². The highest BCUT2D eigenvalue weighted by Gasteiger charge is 2.56. The van der Waals surface area contributed by atoms with Crippen molar-refractivity contribution in [2.24, 2.45) is 7.05 Å². The van der Waals surface area contributed by atoms with Gasteiger partial charge in [0.15, 0.2) is 6.54 Å². The standard InChI is InChI=1S/C25H28N5O4.BrH/c1-18-23(24(31)29(26(18)2)20-11-5-3-6-12-20)28-22-14-7-4-8-15-27(22)17-25(28,32)19-10-9-13-21(16-19)30(33)34;/h3,5-6,9-13,16,32H,4,7-8,14-15,17H2,1-2H3;1H/q+1;/p-1. The molecule has 1 unspecified atom stereocenters. The van der Waals surface area contributed by atoms with E-state index in [0.717, 1.165) is 43.8 Å². The Morgan fingerprint density at radius 3 is 2.54 bits per heavy atom. The van der Waals surface area contributed by atoms with Gasteiger partial charge in [0.25, 0.3) is 17.2 Å².